The van der Waals surface area contributed by atoms with Gasteiger partial charge in [0.05, 0.1) is 17.2 Å². The van der Waals surface area contributed by atoms with Crippen LogP contribution < -0.4 is 14.8 Å². The number of carbonyl (C=O) groups is 1. The molecule has 0 aliphatic carbocycles. The Morgan fingerprint density at radius 2 is 1.68 bits per heavy atom. The summed E-state index contributed by atoms with van der Waals surface area (Å²) in [5, 5.41) is 2.79. The third-order valence-corrected chi connectivity index (χ3v) is 6.29. The molecule has 3 aromatic rings. The van der Waals surface area contributed by atoms with Crippen LogP contribution in [-0.4, -0.2) is 20.9 Å². The van der Waals surface area contributed by atoms with Crippen molar-refractivity contribution in [1.29, 1.82) is 0 Å². The first-order chi connectivity index (χ1) is 14.7. The first-order valence-electron chi connectivity index (χ1n) is 9.94. The van der Waals surface area contributed by atoms with Gasteiger partial charge in [0.1, 0.15) is 5.75 Å². The maximum absolute atomic E-state index is 13.1. The number of benzene rings is 3. The molecule has 0 unspecified atom stereocenters. The van der Waals surface area contributed by atoms with Gasteiger partial charge in [-0.1, -0.05) is 24.3 Å². The standard InChI is InChI=1S/C24H26N2O4S/c1-5-30-21-8-6-7-20(15-21)25-24(27)19-12-11-18(4)23(14-19)31(28,29)26-22-13-16(2)9-10-17(22)3/h6-15,26H,5H2,1-4H3,(H,25,27). The highest BCUT2D eigenvalue weighted by Gasteiger charge is 2.20. The number of carbonyl (C=O) groups excluding carboxylic acids is 1. The van der Waals surface area contributed by atoms with Gasteiger partial charge in [-0.2, -0.15) is 0 Å². The summed E-state index contributed by atoms with van der Waals surface area (Å²) in [5.74, 6) is 0.238. The third kappa shape index (κ3) is 5.44. The number of amides is 1. The fourth-order valence-corrected chi connectivity index (χ4v) is 4.50. The predicted octanol–water partition coefficient (Wildman–Crippen LogP) is 5.06. The molecule has 7 heteroatoms. The summed E-state index contributed by atoms with van der Waals surface area (Å²) in [6, 6.07) is 17.2. The van der Waals surface area contributed by atoms with Crippen LogP contribution in [0.2, 0.25) is 0 Å². The van der Waals surface area contributed by atoms with Crippen molar-refractivity contribution in [3.05, 3.63) is 82.9 Å². The molecule has 2 N–H and O–H groups in total. The number of hydrogen-bond acceptors (Lipinski definition) is 4. The van der Waals surface area contributed by atoms with Crippen molar-refractivity contribution in [3.8, 4) is 5.75 Å². The van der Waals surface area contributed by atoms with E-state index in [9.17, 15) is 13.2 Å². The number of aryl methyl sites for hydroxylation is 3. The summed E-state index contributed by atoms with van der Waals surface area (Å²) < 4.78 is 34.2. The molecule has 3 aromatic carbocycles. The van der Waals surface area contributed by atoms with Crippen LogP contribution in [0.5, 0.6) is 5.75 Å². The van der Waals surface area contributed by atoms with Gasteiger partial charge in [-0.25, -0.2) is 8.42 Å². The third-order valence-electron chi connectivity index (χ3n) is 4.78. The molecule has 31 heavy (non-hydrogen) atoms. The molecule has 0 saturated heterocycles. The zero-order chi connectivity index (χ0) is 22.6. The summed E-state index contributed by atoms with van der Waals surface area (Å²) in [6.07, 6.45) is 0. The van der Waals surface area contributed by atoms with Crippen molar-refractivity contribution >= 4 is 27.3 Å². The molecule has 0 aliphatic rings. The van der Waals surface area contributed by atoms with Crippen LogP contribution in [-0.2, 0) is 10.0 Å². The normalized spacial score (nSPS) is 11.1. The molecule has 0 heterocycles. The molecular formula is C24H26N2O4S. The van der Waals surface area contributed by atoms with E-state index in [1.807, 2.05) is 32.9 Å². The fourth-order valence-electron chi connectivity index (χ4n) is 3.11. The van der Waals surface area contributed by atoms with Gasteiger partial charge < -0.3 is 10.1 Å². The molecule has 0 saturated carbocycles. The van der Waals surface area contributed by atoms with Crippen LogP contribution in [0, 0.1) is 20.8 Å². The van der Waals surface area contributed by atoms with Crippen LogP contribution in [0.3, 0.4) is 0 Å². The minimum Gasteiger partial charge on any atom is -0.494 e. The van der Waals surface area contributed by atoms with Crippen LogP contribution in [0.15, 0.2) is 65.6 Å². The number of nitrogens with one attached hydrogen (secondary N) is 2. The molecule has 0 spiro atoms. The minimum absolute atomic E-state index is 0.0594. The van der Waals surface area contributed by atoms with E-state index in [1.165, 1.54) is 6.07 Å². The van der Waals surface area contributed by atoms with Gasteiger partial charge >= 0.3 is 0 Å². The van der Waals surface area contributed by atoms with Gasteiger partial charge in [0.15, 0.2) is 0 Å². The van der Waals surface area contributed by atoms with Crippen molar-refractivity contribution < 1.29 is 17.9 Å². The number of sulfonamides is 1. The largest absolute Gasteiger partial charge is 0.494 e. The van der Waals surface area contributed by atoms with E-state index in [-0.39, 0.29) is 10.5 Å². The quantitative estimate of drug-likeness (QED) is 0.540. The second-order valence-electron chi connectivity index (χ2n) is 7.32. The summed E-state index contributed by atoms with van der Waals surface area (Å²) in [4.78, 5) is 12.8. The fraction of sp³-hybridized carbons (Fsp3) is 0.208. The highest BCUT2D eigenvalue weighted by Crippen LogP contribution is 2.24. The number of anilines is 2. The molecule has 0 fully saturated rings. The first kappa shape index (κ1) is 22.4. The second kappa shape index (κ2) is 9.22. The van der Waals surface area contributed by atoms with E-state index in [0.717, 1.165) is 11.1 Å². The van der Waals surface area contributed by atoms with Crippen molar-refractivity contribution in [1.82, 2.24) is 0 Å². The monoisotopic (exact) mass is 438 g/mol. The molecule has 6 nitrogen and oxygen atoms in total. The minimum atomic E-state index is -3.88. The molecule has 0 aromatic heterocycles. The van der Waals surface area contributed by atoms with Crippen molar-refractivity contribution in [2.24, 2.45) is 0 Å². The summed E-state index contributed by atoms with van der Waals surface area (Å²) >= 11 is 0. The second-order valence-corrected chi connectivity index (χ2v) is 8.97. The van der Waals surface area contributed by atoms with Gasteiger partial charge in [0, 0.05) is 17.3 Å². The lowest BCUT2D eigenvalue weighted by atomic mass is 10.1. The Balaban J connectivity index is 1.87. The number of ether oxygens (including phenoxy) is 1. The Morgan fingerprint density at radius 3 is 2.42 bits per heavy atom. The molecule has 3 rings (SSSR count). The van der Waals surface area contributed by atoms with Crippen LogP contribution >= 0.6 is 0 Å². The predicted molar refractivity (Wildman–Crippen MR) is 123 cm³/mol. The lowest BCUT2D eigenvalue weighted by molar-refractivity contribution is 0.102. The Bertz CT molecular complexity index is 1220. The average molecular weight is 439 g/mol. The van der Waals surface area contributed by atoms with E-state index in [0.29, 0.717) is 29.3 Å². The van der Waals surface area contributed by atoms with Crippen molar-refractivity contribution in [2.45, 2.75) is 32.6 Å². The first-order valence-corrected chi connectivity index (χ1v) is 11.4. The molecule has 1 amide bonds. The van der Waals surface area contributed by atoms with Gasteiger partial charge in [-0.15, -0.1) is 0 Å². The van der Waals surface area contributed by atoms with Gasteiger partial charge in [0.25, 0.3) is 15.9 Å². The van der Waals surface area contributed by atoms with E-state index in [2.05, 4.69) is 10.0 Å². The Kier molecular flexibility index (Phi) is 6.65. The zero-order valence-electron chi connectivity index (χ0n) is 18.0. The van der Waals surface area contributed by atoms with E-state index in [1.54, 1.807) is 49.4 Å². The topological polar surface area (TPSA) is 84.5 Å². The van der Waals surface area contributed by atoms with Crippen molar-refractivity contribution in [2.75, 3.05) is 16.6 Å². The molecular weight excluding hydrogens is 412 g/mol. The summed E-state index contributed by atoms with van der Waals surface area (Å²) in [5.41, 5.74) is 3.63. The van der Waals surface area contributed by atoms with E-state index < -0.39 is 15.9 Å². The molecule has 0 radical (unpaired) electrons. The van der Waals surface area contributed by atoms with Gasteiger partial charge in [0.2, 0.25) is 0 Å². The Hall–Kier alpha value is -3.32. The summed E-state index contributed by atoms with van der Waals surface area (Å²) in [7, 11) is -3.88. The highest BCUT2D eigenvalue weighted by molar-refractivity contribution is 7.92. The lowest BCUT2D eigenvalue weighted by Gasteiger charge is -2.14. The van der Waals surface area contributed by atoms with Gasteiger partial charge in [-0.3, -0.25) is 9.52 Å². The van der Waals surface area contributed by atoms with E-state index >= 15 is 0 Å². The van der Waals surface area contributed by atoms with E-state index in [4.69, 9.17) is 4.74 Å². The number of rotatable bonds is 7. The Labute approximate surface area is 183 Å². The van der Waals surface area contributed by atoms with Crippen LogP contribution in [0.1, 0.15) is 34.0 Å². The Morgan fingerprint density at radius 1 is 0.935 bits per heavy atom. The van der Waals surface area contributed by atoms with Crippen LogP contribution in [0.4, 0.5) is 11.4 Å². The van der Waals surface area contributed by atoms with Gasteiger partial charge in [-0.05, 0) is 74.7 Å². The SMILES string of the molecule is CCOc1cccc(NC(=O)c2ccc(C)c(S(=O)(=O)Nc3cc(C)ccc3C)c2)c1. The smallest absolute Gasteiger partial charge is 0.262 e. The van der Waals surface area contributed by atoms with Crippen LogP contribution in [0.25, 0.3) is 0 Å². The van der Waals surface area contributed by atoms with Crippen molar-refractivity contribution in [3.63, 3.8) is 0 Å². The molecule has 0 atom stereocenters. The molecule has 0 bridgehead atoms. The average Bonchev–Trinajstić information content (AvgIpc) is 2.71. The summed E-state index contributed by atoms with van der Waals surface area (Å²) in [6.45, 7) is 7.83. The number of hydrogen-bond donors (Lipinski definition) is 2. The zero-order valence-corrected chi connectivity index (χ0v) is 18.8. The molecule has 162 valence electrons. The molecule has 0 aliphatic heterocycles. The maximum atomic E-state index is 13.1. The highest BCUT2D eigenvalue weighted by atomic mass is 32.2. The maximum Gasteiger partial charge on any atom is 0.262 e. The lowest BCUT2D eigenvalue weighted by Crippen LogP contribution is -2.17.